The molecule has 2 bridgehead atoms. The van der Waals surface area contributed by atoms with E-state index in [1.54, 1.807) is 14.0 Å². The zero-order chi connectivity index (χ0) is 21.6. The van der Waals surface area contributed by atoms with Gasteiger partial charge < -0.3 is 15.4 Å². The van der Waals surface area contributed by atoms with Crippen LogP contribution in [-0.2, 0) is 9.59 Å². The van der Waals surface area contributed by atoms with Crippen LogP contribution in [0.15, 0.2) is 18.2 Å². The van der Waals surface area contributed by atoms with E-state index in [-0.39, 0.29) is 46.7 Å². The third-order valence-corrected chi connectivity index (χ3v) is 6.66. The summed E-state index contributed by atoms with van der Waals surface area (Å²) in [5, 5.41) is 7.44. The lowest BCUT2D eigenvalue weighted by Crippen LogP contribution is -2.53. The van der Waals surface area contributed by atoms with E-state index in [9.17, 15) is 18.4 Å². The molecule has 10 heteroatoms. The summed E-state index contributed by atoms with van der Waals surface area (Å²) in [6, 6.07) is 2.61. The molecule has 7 nitrogen and oxygen atoms in total. The molecule has 1 aromatic rings. The van der Waals surface area contributed by atoms with Gasteiger partial charge in [0.15, 0.2) is 6.61 Å². The van der Waals surface area contributed by atoms with Crippen LogP contribution in [0.4, 0.5) is 8.78 Å². The summed E-state index contributed by atoms with van der Waals surface area (Å²) < 4.78 is 33.1. The SMILES string of the molecule is CC1NN(C)C(C(=O)NC2CC3(NC(=O)COc4ccc(Cl)c(F)c4)CC2C3)C1F. The van der Waals surface area contributed by atoms with E-state index in [1.807, 2.05) is 0 Å². The summed E-state index contributed by atoms with van der Waals surface area (Å²) in [4.78, 5) is 24.9. The Balaban J connectivity index is 1.27. The number of nitrogens with zero attached hydrogens (tertiary/aromatic N) is 1. The zero-order valence-electron chi connectivity index (χ0n) is 16.8. The molecule has 3 N–H and O–H groups in total. The van der Waals surface area contributed by atoms with Crippen LogP contribution in [-0.4, -0.2) is 60.3 Å². The lowest BCUT2D eigenvalue weighted by Gasteiger charge is -2.39. The van der Waals surface area contributed by atoms with Gasteiger partial charge in [-0.2, -0.15) is 0 Å². The van der Waals surface area contributed by atoms with Crippen molar-refractivity contribution < 1.29 is 23.1 Å². The van der Waals surface area contributed by atoms with Gasteiger partial charge >= 0.3 is 0 Å². The van der Waals surface area contributed by atoms with Gasteiger partial charge in [0.1, 0.15) is 23.8 Å². The van der Waals surface area contributed by atoms with Crippen LogP contribution in [0.3, 0.4) is 0 Å². The molecule has 4 fully saturated rings. The summed E-state index contributed by atoms with van der Waals surface area (Å²) in [6.45, 7) is 1.45. The molecular formula is C20H25ClF2N4O3. The standard InChI is InChI=1S/C20H25ClF2N4O3/c1-10-17(23)18(27(2)26-10)19(29)24-15-8-20(6-11(15)7-20)25-16(28)9-30-12-3-4-13(21)14(22)5-12/h3-5,10-11,15,17-18,26H,6-9H2,1-2H3,(H,24,29)(H,25,28). The van der Waals surface area contributed by atoms with Crippen molar-refractivity contribution in [3.63, 3.8) is 0 Å². The third kappa shape index (κ3) is 3.98. The Hall–Kier alpha value is -1.97. The topological polar surface area (TPSA) is 82.7 Å². The fourth-order valence-electron chi connectivity index (χ4n) is 4.90. The first-order chi connectivity index (χ1) is 14.2. The number of hydrazine groups is 1. The third-order valence-electron chi connectivity index (χ3n) is 6.35. The second kappa shape index (κ2) is 7.94. The maximum atomic E-state index is 14.3. The quantitative estimate of drug-likeness (QED) is 0.623. The number of ether oxygens (including phenoxy) is 1. The molecule has 1 heterocycles. The van der Waals surface area contributed by atoms with Crippen molar-refractivity contribution in [2.45, 2.75) is 56.0 Å². The van der Waals surface area contributed by atoms with Crippen molar-refractivity contribution in [3.05, 3.63) is 29.0 Å². The zero-order valence-corrected chi connectivity index (χ0v) is 17.5. The summed E-state index contributed by atoms with van der Waals surface area (Å²) in [6.07, 6.45) is 0.831. The largest absolute Gasteiger partial charge is 0.484 e. The van der Waals surface area contributed by atoms with Gasteiger partial charge in [0.25, 0.3) is 5.91 Å². The average Bonchev–Trinajstić information content (AvgIpc) is 3.24. The number of carbonyl (C=O) groups excluding carboxylic acids is 2. The van der Waals surface area contributed by atoms with E-state index >= 15 is 0 Å². The Morgan fingerprint density at radius 3 is 2.73 bits per heavy atom. The molecule has 5 rings (SSSR count). The number of amides is 2. The first-order valence-corrected chi connectivity index (χ1v) is 10.4. The molecule has 0 radical (unpaired) electrons. The Morgan fingerprint density at radius 1 is 1.37 bits per heavy atom. The molecule has 164 valence electrons. The maximum Gasteiger partial charge on any atom is 0.258 e. The summed E-state index contributed by atoms with van der Waals surface area (Å²) >= 11 is 5.63. The second-order valence-electron chi connectivity index (χ2n) is 8.60. The van der Waals surface area contributed by atoms with Crippen molar-refractivity contribution in [2.75, 3.05) is 13.7 Å². The highest BCUT2D eigenvalue weighted by atomic mass is 35.5. The van der Waals surface area contributed by atoms with Crippen molar-refractivity contribution in [1.82, 2.24) is 21.1 Å². The van der Waals surface area contributed by atoms with E-state index in [1.165, 1.54) is 17.1 Å². The van der Waals surface area contributed by atoms with Gasteiger partial charge in [-0.05, 0) is 44.2 Å². The number of alkyl halides is 1. The Bertz CT molecular complexity index is 851. The normalized spacial score (nSPS) is 35.0. The minimum Gasteiger partial charge on any atom is -0.484 e. The first kappa shape index (κ1) is 21.3. The maximum absolute atomic E-state index is 14.3. The van der Waals surface area contributed by atoms with Gasteiger partial charge in [-0.1, -0.05) is 11.6 Å². The number of hydrogen-bond donors (Lipinski definition) is 3. The second-order valence-corrected chi connectivity index (χ2v) is 9.01. The number of likely N-dealkylation sites (N-methyl/N-ethyl adjacent to an activating group) is 1. The highest BCUT2D eigenvalue weighted by Gasteiger charge is 2.57. The molecule has 3 saturated carbocycles. The van der Waals surface area contributed by atoms with Crippen LogP contribution in [0.25, 0.3) is 0 Å². The fraction of sp³-hybridized carbons (Fsp3) is 0.600. The van der Waals surface area contributed by atoms with Crippen molar-refractivity contribution in [1.29, 1.82) is 0 Å². The van der Waals surface area contributed by atoms with Gasteiger partial charge in [0, 0.05) is 24.7 Å². The average molecular weight is 443 g/mol. The summed E-state index contributed by atoms with van der Waals surface area (Å²) in [7, 11) is 1.66. The molecular weight excluding hydrogens is 418 g/mol. The van der Waals surface area contributed by atoms with Crippen LogP contribution < -0.4 is 20.8 Å². The van der Waals surface area contributed by atoms with E-state index in [2.05, 4.69) is 16.1 Å². The number of carbonyl (C=O) groups is 2. The van der Waals surface area contributed by atoms with Gasteiger partial charge in [-0.3, -0.25) is 9.59 Å². The van der Waals surface area contributed by atoms with Gasteiger partial charge in [0.2, 0.25) is 5.91 Å². The molecule has 1 aliphatic heterocycles. The number of hydrogen-bond acceptors (Lipinski definition) is 5. The number of fused-ring (bicyclic) bond motifs is 1. The summed E-state index contributed by atoms with van der Waals surface area (Å²) in [5.41, 5.74) is 2.53. The van der Waals surface area contributed by atoms with Crippen molar-refractivity contribution in [3.8, 4) is 5.75 Å². The van der Waals surface area contributed by atoms with E-state index in [0.717, 1.165) is 18.9 Å². The number of halogens is 3. The summed E-state index contributed by atoms with van der Waals surface area (Å²) in [5.74, 6) is -0.785. The highest BCUT2D eigenvalue weighted by Crippen LogP contribution is 2.52. The molecule has 4 aliphatic rings. The highest BCUT2D eigenvalue weighted by molar-refractivity contribution is 6.30. The molecule has 0 spiro atoms. The monoisotopic (exact) mass is 442 g/mol. The predicted molar refractivity (Wildman–Crippen MR) is 106 cm³/mol. The Morgan fingerprint density at radius 2 is 2.10 bits per heavy atom. The first-order valence-electron chi connectivity index (χ1n) is 10.00. The number of rotatable bonds is 6. The lowest BCUT2D eigenvalue weighted by atomic mass is 9.76. The lowest BCUT2D eigenvalue weighted by molar-refractivity contribution is -0.128. The molecule has 30 heavy (non-hydrogen) atoms. The van der Waals surface area contributed by atoms with Gasteiger partial charge in [-0.25, -0.2) is 19.2 Å². The van der Waals surface area contributed by atoms with Gasteiger partial charge in [-0.15, -0.1) is 0 Å². The molecule has 0 aromatic heterocycles. The molecule has 4 unspecified atom stereocenters. The van der Waals surface area contributed by atoms with Crippen LogP contribution in [0.1, 0.15) is 26.2 Å². The number of nitrogens with one attached hydrogen (secondary N) is 3. The molecule has 1 aromatic carbocycles. The minimum atomic E-state index is -1.28. The Kier molecular flexibility index (Phi) is 5.63. The predicted octanol–water partition coefficient (Wildman–Crippen LogP) is 1.56. The van der Waals surface area contributed by atoms with E-state index in [0.29, 0.717) is 6.42 Å². The van der Waals surface area contributed by atoms with Crippen LogP contribution in [0, 0.1) is 11.7 Å². The Labute approximate surface area is 178 Å². The fourth-order valence-corrected chi connectivity index (χ4v) is 5.02. The molecule has 2 amide bonds. The van der Waals surface area contributed by atoms with E-state index < -0.39 is 24.1 Å². The molecule has 4 atom stereocenters. The molecule has 3 aliphatic carbocycles. The van der Waals surface area contributed by atoms with Crippen LogP contribution in [0.2, 0.25) is 5.02 Å². The van der Waals surface area contributed by atoms with Crippen LogP contribution in [0.5, 0.6) is 5.75 Å². The number of benzene rings is 1. The van der Waals surface area contributed by atoms with Crippen LogP contribution >= 0.6 is 11.6 Å². The van der Waals surface area contributed by atoms with Crippen molar-refractivity contribution >= 4 is 23.4 Å². The minimum absolute atomic E-state index is 0.0154. The van der Waals surface area contributed by atoms with Crippen molar-refractivity contribution in [2.24, 2.45) is 5.92 Å². The van der Waals surface area contributed by atoms with E-state index in [4.69, 9.17) is 16.3 Å². The molecule has 1 saturated heterocycles. The van der Waals surface area contributed by atoms with Gasteiger partial charge in [0.05, 0.1) is 11.1 Å². The smallest absolute Gasteiger partial charge is 0.258 e.